The summed E-state index contributed by atoms with van der Waals surface area (Å²) in [6, 6.07) is 13.5. The molecule has 0 aliphatic carbocycles. The molecule has 3 aromatic rings. The molecule has 4 rings (SSSR count). The van der Waals surface area contributed by atoms with Gasteiger partial charge in [0.2, 0.25) is 10.0 Å². The van der Waals surface area contributed by atoms with Crippen molar-refractivity contribution in [1.29, 1.82) is 0 Å². The van der Waals surface area contributed by atoms with Crippen molar-refractivity contribution in [2.45, 2.75) is 24.3 Å². The summed E-state index contributed by atoms with van der Waals surface area (Å²) in [6.45, 7) is 1.11. The maximum Gasteiger partial charge on any atom is 0.338 e. The Morgan fingerprint density at radius 1 is 1.13 bits per heavy atom. The molecule has 1 aliphatic heterocycles. The van der Waals surface area contributed by atoms with Crippen molar-refractivity contribution in [3.05, 3.63) is 65.2 Å². The van der Waals surface area contributed by atoms with Gasteiger partial charge < -0.3 is 9.47 Å². The van der Waals surface area contributed by atoms with E-state index in [1.807, 2.05) is 29.6 Å². The highest BCUT2D eigenvalue weighted by atomic mass is 32.2. The van der Waals surface area contributed by atoms with Crippen molar-refractivity contribution < 1.29 is 22.7 Å². The van der Waals surface area contributed by atoms with E-state index in [2.05, 4.69) is 4.98 Å². The van der Waals surface area contributed by atoms with Crippen LogP contribution < -0.4 is 4.74 Å². The van der Waals surface area contributed by atoms with Gasteiger partial charge in [-0.25, -0.2) is 18.2 Å². The summed E-state index contributed by atoms with van der Waals surface area (Å²) in [5.41, 5.74) is 1.87. The molecule has 162 valence electrons. The molecular weight excluding hydrogens is 436 g/mol. The van der Waals surface area contributed by atoms with E-state index in [0.29, 0.717) is 24.3 Å². The predicted molar refractivity (Wildman–Crippen MR) is 118 cm³/mol. The number of benzene rings is 2. The Morgan fingerprint density at radius 3 is 2.58 bits per heavy atom. The molecule has 0 N–H and O–H groups in total. The number of ether oxygens (including phenoxy) is 2. The first-order valence-electron chi connectivity index (χ1n) is 9.83. The van der Waals surface area contributed by atoms with Gasteiger partial charge in [0.1, 0.15) is 17.4 Å². The number of sulfonamides is 1. The standard InChI is InChI=1S/C22H22N2O5S2/c1-28-19-6-4-5-17(13-19)21-23-18(15-30-21)14-29-22(25)16-7-9-20(10-8-16)31(26,27)24-11-2-3-12-24/h4-10,13,15H,2-3,11-12,14H2,1H3. The number of thiazole rings is 1. The van der Waals surface area contributed by atoms with Gasteiger partial charge >= 0.3 is 5.97 Å². The van der Waals surface area contributed by atoms with Crippen LogP contribution in [0.4, 0.5) is 0 Å². The van der Waals surface area contributed by atoms with Crippen LogP contribution in [0.15, 0.2) is 58.8 Å². The number of rotatable bonds is 7. The van der Waals surface area contributed by atoms with E-state index in [1.54, 1.807) is 7.11 Å². The highest BCUT2D eigenvalue weighted by Crippen LogP contribution is 2.27. The fourth-order valence-corrected chi connectivity index (χ4v) is 5.64. The van der Waals surface area contributed by atoms with Gasteiger partial charge in [-0.15, -0.1) is 11.3 Å². The molecule has 0 atom stereocenters. The first-order valence-corrected chi connectivity index (χ1v) is 12.2. The zero-order chi connectivity index (χ0) is 21.8. The Kier molecular flexibility index (Phi) is 6.35. The highest BCUT2D eigenvalue weighted by Gasteiger charge is 2.27. The summed E-state index contributed by atoms with van der Waals surface area (Å²) in [7, 11) is -1.89. The van der Waals surface area contributed by atoms with E-state index < -0.39 is 16.0 Å². The molecule has 1 fully saturated rings. The molecule has 9 heteroatoms. The van der Waals surface area contributed by atoms with Crippen LogP contribution in [-0.4, -0.2) is 43.9 Å². The van der Waals surface area contributed by atoms with E-state index in [-0.39, 0.29) is 11.5 Å². The smallest absolute Gasteiger partial charge is 0.338 e. The second-order valence-electron chi connectivity index (χ2n) is 7.09. The maximum atomic E-state index is 12.6. The van der Waals surface area contributed by atoms with Gasteiger partial charge in [-0.3, -0.25) is 0 Å². The van der Waals surface area contributed by atoms with Crippen molar-refractivity contribution in [2.75, 3.05) is 20.2 Å². The van der Waals surface area contributed by atoms with Crippen molar-refractivity contribution in [1.82, 2.24) is 9.29 Å². The maximum absolute atomic E-state index is 12.6. The fourth-order valence-electron chi connectivity index (χ4n) is 3.33. The minimum atomic E-state index is -3.50. The van der Waals surface area contributed by atoms with Gasteiger partial charge in [-0.1, -0.05) is 12.1 Å². The lowest BCUT2D eigenvalue weighted by molar-refractivity contribution is 0.0468. The number of carbonyl (C=O) groups excluding carboxylic acids is 1. The highest BCUT2D eigenvalue weighted by molar-refractivity contribution is 7.89. The first-order chi connectivity index (χ1) is 15.0. The van der Waals surface area contributed by atoms with Crippen LogP contribution >= 0.6 is 11.3 Å². The minimum absolute atomic E-state index is 0.0349. The van der Waals surface area contributed by atoms with Gasteiger partial charge in [0.05, 0.1) is 23.3 Å². The van der Waals surface area contributed by atoms with Gasteiger partial charge in [0.15, 0.2) is 0 Å². The zero-order valence-electron chi connectivity index (χ0n) is 17.0. The van der Waals surface area contributed by atoms with E-state index in [0.717, 1.165) is 29.2 Å². The molecule has 0 bridgehead atoms. The Labute approximate surface area is 185 Å². The summed E-state index contributed by atoms with van der Waals surface area (Å²) in [6.07, 6.45) is 1.75. The Morgan fingerprint density at radius 2 is 1.87 bits per heavy atom. The second-order valence-corrected chi connectivity index (χ2v) is 9.88. The van der Waals surface area contributed by atoms with Crippen molar-refractivity contribution >= 4 is 27.3 Å². The van der Waals surface area contributed by atoms with Crippen LogP contribution in [0, 0.1) is 0 Å². The average Bonchev–Trinajstić information content (AvgIpc) is 3.50. The Bertz CT molecular complexity index is 1170. The average molecular weight is 459 g/mol. The molecule has 0 spiro atoms. The van der Waals surface area contributed by atoms with Crippen LogP contribution in [0.1, 0.15) is 28.9 Å². The van der Waals surface area contributed by atoms with Crippen molar-refractivity contribution in [3.63, 3.8) is 0 Å². The lowest BCUT2D eigenvalue weighted by atomic mass is 10.2. The zero-order valence-corrected chi connectivity index (χ0v) is 18.6. The Hall–Kier alpha value is -2.75. The molecule has 0 saturated carbocycles. The molecule has 0 amide bonds. The third kappa shape index (κ3) is 4.79. The number of methoxy groups -OCH3 is 1. The van der Waals surface area contributed by atoms with E-state index in [1.165, 1.54) is 39.9 Å². The molecule has 2 aromatic carbocycles. The van der Waals surface area contributed by atoms with Crippen LogP contribution in [0.25, 0.3) is 10.6 Å². The predicted octanol–water partition coefficient (Wildman–Crippen LogP) is 3.96. The van der Waals surface area contributed by atoms with Crippen LogP contribution in [0.2, 0.25) is 0 Å². The molecule has 1 aliphatic rings. The van der Waals surface area contributed by atoms with Gasteiger partial charge in [-0.2, -0.15) is 4.31 Å². The third-order valence-corrected chi connectivity index (χ3v) is 7.87. The van der Waals surface area contributed by atoms with E-state index in [4.69, 9.17) is 9.47 Å². The number of carbonyl (C=O) groups is 1. The van der Waals surface area contributed by atoms with Gasteiger partial charge in [0, 0.05) is 24.0 Å². The third-order valence-electron chi connectivity index (χ3n) is 5.01. The normalized spacial score (nSPS) is 14.5. The lowest BCUT2D eigenvalue weighted by Gasteiger charge is -2.15. The molecule has 1 saturated heterocycles. The molecule has 1 aromatic heterocycles. The SMILES string of the molecule is COc1cccc(-c2nc(COC(=O)c3ccc(S(=O)(=O)N4CCCC4)cc3)cs2)c1. The number of nitrogens with zero attached hydrogens (tertiary/aromatic N) is 2. The topological polar surface area (TPSA) is 85.8 Å². The molecule has 31 heavy (non-hydrogen) atoms. The summed E-state index contributed by atoms with van der Waals surface area (Å²) in [5, 5.41) is 2.65. The lowest BCUT2D eigenvalue weighted by Crippen LogP contribution is -2.27. The summed E-state index contributed by atoms with van der Waals surface area (Å²) in [4.78, 5) is 17.1. The monoisotopic (exact) mass is 458 g/mol. The van der Waals surface area contributed by atoms with Crippen LogP contribution in [0.5, 0.6) is 5.75 Å². The number of hydrogen-bond donors (Lipinski definition) is 0. The summed E-state index contributed by atoms with van der Waals surface area (Å²) >= 11 is 1.46. The quantitative estimate of drug-likeness (QED) is 0.498. The number of aromatic nitrogens is 1. The molecule has 0 radical (unpaired) electrons. The molecule has 0 unspecified atom stereocenters. The second kappa shape index (κ2) is 9.17. The number of hydrogen-bond acceptors (Lipinski definition) is 7. The first kappa shape index (κ1) is 21.5. The summed E-state index contributed by atoms with van der Waals surface area (Å²) < 4.78 is 37.2. The van der Waals surface area contributed by atoms with Crippen LogP contribution in [0.3, 0.4) is 0 Å². The summed E-state index contributed by atoms with van der Waals surface area (Å²) in [5.74, 6) is 0.219. The van der Waals surface area contributed by atoms with Crippen molar-refractivity contribution in [3.8, 4) is 16.3 Å². The van der Waals surface area contributed by atoms with E-state index >= 15 is 0 Å². The van der Waals surface area contributed by atoms with Gasteiger partial charge in [-0.05, 0) is 49.2 Å². The number of esters is 1. The van der Waals surface area contributed by atoms with Crippen molar-refractivity contribution in [2.24, 2.45) is 0 Å². The van der Waals surface area contributed by atoms with E-state index in [9.17, 15) is 13.2 Å². The largest absolute Gasteiger partial charge is 0.497 e. The van der Waals surface area contributed by atoms with Gasteiger partial charge in [0.25, 0.3) is 0 Å². The fraction of sp³-hybridized carbons (Fsp3) is 0.273. The molecule has 7 nitrogen and oxygen atoms in total. The molecular formula is C22H22N2O5S2. The Balaban J connectivity index is 1.38. The molecule has 2 heterocycles. The van der Waals surface area contributed by atoms with Crippen LogP contribution in [-0.2, 0) is 21.4 Å². The minimum Gasteiger partial charge on any atom is -0.497 e.